The summed E-state index contributed by atoms with van der Waals surface area (Å²) in [4.78, 5) is 0. The van der Waals surface area contributed by atoms with Crippen molar-refractivity contribution in [2.75, 3.05) is 0 Å². The zero-order valence-electron chi connectivity index (χ0n) is 10.6. The fourth-order valence-corrected chi connectivity index (χ4v) is 2.11. The van der Waals surface area contributed by atoms with Crippen LogP contribution in [0.3, 0.4) is 0 Å². The molecule has 94 valence electrons. The summed E-state index contributed by atoms with van der Waals surface area (Å²) in [7, 11) is 0. The van der Waals surface area contributed by atoms with Crippen LogP contribution in [0.4, 0.5) is 0 Å². The van der Waals surface area contributed by atoms with Gasteiger partial charge in [-0.05, 0) is 31.5 Å². The van der Waals surface area contributed by atoms with Gasteiger partial charge in [0.05, 0.1) is 5.69 Å². The second kappa shape index (κ2) is 5.64. The summed E-state index contributed by atoms with van der Waals surface area (Å²) in [6, 6.07) is 9.34. The molecule has 1 aromatic carbocycles. The van der Waals surface area contributed by atoms with Gasteiger partial charge < -0.3 is 0 Å². The van der Waals surface area contributed by atoms with Crippen LogP contribution < -0.4 is 0 Å². The molecule has 0 spiro atoms. The molecular weight excluding hydrogens is 391 g/mol. The third-order valence-electron chi connectivity index (χ3n) is 2.96. The Kier molecular flexibility index (Phi) is 4.70. The SMILES string of the molecule is CCc1c(C)nn(-c2[c-]ccc(C)c2)c1C.[Pt]. The van der Waals surface area contributed by atoms with Crippen LogP contribution in [0.15, 0.2) is 18.2 Å². The Morgan fingerprint density at radius 1 is 1.29 bits per heavy atom. The molecule has 2 rings (SSSR count). The van der Waals surface area contributed by atoms with Crippen molar-refractivity contribution < 1.29 is 21.1 Å². The third-order valence-corrected chi connectivity index (χ3v) is 2.96. The van der Waals surface area contributed by atoms with E-state index in [4.69, 9.17) is 0 Å². The van der Waals surface area contributed by atoms with Crippen LogP contribution in [-0.4, -0.2) is 9.78 Å². The average Bonchev–Trinajstić information content (AvgIpc) is 2.54. The second-order valence-corrected chi connectivity index (χ2v) is 4.17. The Morgan fingerprint density at radius 2 is 2.00 bits per heavy atom. The predicted octanol–water partition coefficient (Wildman–Crippen LogP) is 3.16. The van der Waals surface area contributed by atoms with Gasteiger partial charge in [0.1, 0.15) is 0 Å². The molecule has 0 unspecified atom stereocenters. The van der Waals surface area contributed by atoms with E-state index in [0.717, 1.165) is 17.8 Å². The van der Waals surface area contributed by atoms with Crippen LogP contribution in [0.25, 0.3) is 5.69 Å². The number of hydrogen-bond donors (Lipinski definition) is 0. The molecule has 17 heavy (non-hydrogen) atoms. The third kappa shape index (κ3) is 2.69. The van der Waals surface area contributed by atoms with Crippen LogP contribution in [0.2, 0.25) is 0 Å². The molecule has 3 heteroatoms. The van der Waals surface area contributed by atoms with Gasteiger partial charge in [-0.1, -0.05) is 13.8 Å². The Morgan fingerprint density at radius 3 is 2.53 bits per heavy atom. The number of rotatable bonds is 2. The summed E-state index contributed by atoms with van der Waals surface area (Å²) in [5.41, 5.74) is 5.95. The van der Waals surface area contributed by atoms with Crippen molar-refractivity contribution in [1.29, 1.82) is 0 Å². The van der Waals surface area contributed by atoms with Crippen molar-refractivity contribution in [2.24, 2.45) is 0 Å². The van der Waals surface area contributed by atoms with Crippen LogP contribution in [-0.2, 0) is 27.5 Å². The van der Waals surface area contributed by atoms with Crippen LogP contribution >= 0.6 is 0 Å². The van der Waals surface area contributed by atoms with Crippen molar-refractivity contribution in [1.82, 2.24) is 9.78 Å². The standard InChI is InChI=1S/C14H17N2.Pt/c1-5-14-11(3)15-16(12(14)4)13-8-6-7-10(2)9-13;/h6-7,9H,5H2,1-4H3;/q-1;. The number of nitrogens with zero attached hydrogens (tertiary/aromatic N) is 2. The van der Waals surface area contributed by atoms with Gasteiger partial charge in [-0.15, -0.1) is 6.07 Å². The van der Waals surface area contributed by atoms with E-state index < -0.39 is 0 Å². The van der Waals surface area contributed by atoms with Gasteiger partial charge in [0.25, 0.3) is 0 Å². The molecule has 0 aliphatic heterocycles. The first-order valence-electron chi connectivity index (χ1n) is 5.67. The van der Waals surface area contributed by atoms with Crippen LogP contribution in [0.1, 0.15) is 29.4 Å². The monoisotopic (exact) mass is 408 g/mol. The Hall–Kier alpha value is -0.882. The molecule has 0 fully saturated rings. The molecule has 2 nitrogen and oxygen atoms in total. The topological polar surface area (TPSA) is 17.8 Å². The van der Waals surface area contributed by atoms with Gasteiger partial charge in [-0.25, -0.2) is 0 Å². The molecular formula is C14H17N2Pt-. The van der Waals surface area contributed by atoms with E-state index in [-0.39, 0.29) is 21.1 Å². The van der Waals surface area contributed by atoms with E-state index in [1.807, 2.05) is 10.7 Å². The van der Waals surface area contributed by atoms with Crippen molar-refractivity contribution >= 4 is 0 Å². The molecule has 0 saturated heterocycles. The van der Waals surface area contributed by atoms with Crippen molar-refractivity contribution in [2.45, 2.75) is 34.1 Å². The maximum atomic E-state index is 4.58. The largest absolute Gasteiger partial charge is 0.262 e. The molecule has 1 heterocycles. The summed E-state index contributed by atoms with van der Waals surface area (Å²) < 4.78 is 1.99. The van der Waals surface area contributed by atoms with Gasteiger partial charge in [-0.2, -0.15) is 28.9 Å². The minimum absolute atomic E-state index is 0. The predicted molar refractivity (Wildman–Crippen MR) is 66.0 cm³/mol. The maximum absolute atomic E-state index is 4.58. The van der Waals surface area contributed by atoms with Gasteiger partial charge in [-0.3, -0.25) is 4.68 Å². The molecule has 0 saturated carbocycles. The van der Waals surface area contributed by atoms with E-state index >= 15 is 0 Å². The van der Waals surface area contributed by atoms with E-state index in [0.29, 0.717) is 0 Å². The van der Waals surface area contributed by atoms with E-state index in [1.165, 1.54) is 16.8 Å². The Labute approximate surface area is 117 Å². The van der Waals surface area contributed by atoms with Gasteiger partial charge in [0, 0.05) is 26.8 Å². The Balaban J connectivity index is 0.00000144. The first kappa shape index (κ1) is 14.2. The van der Waals surface area contributed by atoms with Gasteiger partial charge in [0.2, 0.25) is 0 Å². The summed E-state index contributed by atoms with van der Waals surface area (Å²) in [5.74, 6) is 0. The first-order chi connectivity index (χ1) is 7.63. The van der Waals surface area contributed by atoms with Crippen LogP contribution in [0.5, 0.6) is 0 Å². The maximum Gasteiger partial charge on any atom is 0.0631 e. The van der Waals surface area contributed by atoms with E-state index in [2.05, 4.69) is 51.0 Å². The van der Waals surface area contributed by atoms with Gasteiger partial charge >= 0.3 is 0 Å². The van der Waals surface area contributed by atoms with E-state index in [9.17, 15) is 0 Å². The normalized spacial score (nSPS) is 10.1. The molecule has 0 bridgehead atoms. The molecule has 0 atom stereocenters. The van der Waals surface area contributed by atoms with E-state index in [1.54, 1.807) is 0 Å². The molecule has 0 aliphatic carbocycles. The summed E-state index contributed by atoms with van der Waals surface area (Å²) in [6.07, 6.45) is 1.03. The van der Waals surface area contributed by atoms with Crippen LogP contribution in [0, 0.1) is 26.8 Å². The molecule has 0 N–H and O–H groups in total. The molecule has 0 aliphatic rings. The average molecular weight is 408 g/mol. The zero-order chi connectivity index (χ0) is 11.7. The minimum Gasteiger partial charge on any atom is -0.262 e. The summed E-state index contributed by atoms with van der Waals surface area (Å²) in [5, 5.41) is 4.58. The molecule has 2 aromatic rings. The summed E-state index contributed by atoms with van der Waals surface area (Å²) in [6.45, 7) is 8.44. The smallest absolute Gasteiger partial charge is 0.0631 e. The number of aryl methyl sites for hydroxylation is 2. The molecule has 1 aromatic heterocycles. The van der Waals surface area contributed by atoms with Crippen molar-refractivity contribution in [3.8, 4) is 5.69 Å². The summed E-state index contributed by atoms with van der Waals surface area (Å²) >= 11 is 0. The van der Waals surface area contributed by atoms with Gasteiger partial charge in [0.15, 0.2) is 0 Å². The fraction of sp³-hybridized carbons (Fsp3) is 0.357. The fourth-order valence-electron chi connectivity index (χ4n) is 2.11. The number of hydrogen-bond acceptors (Lipinski definition) is 1. The van der Waals surface area contributed by atoms with Crippen molar-refractivity contribution in [3.63, 3.8) is 0 Å². The Bertz CT molecular complexity index is 515. The molecule has 0 amide bonds. The minimum atomic E-state index is 0. The number of aromatic nitrogens is 2. The second-order valence-electron chi connectivity index (χ2n) is 4.17. The first-order valence-corrected chi connectivity index (χ1v) is 5.67. The molecule has 0 radical (unpaired) electrons. The number of benzene rings is 1. The quantitative estimate of drug-likeness (QED) is 0.699. The zero-order valence-corrected chi connectivity index (χ0v) is 12.9. The van der Waals surface area contributed by atoms with Crippen molar-refractivity contribution in [3.05, 3.63) is 46.8 Å².